The summed E-state index contributed by atoms with van der Waals surface area (Å²) in [6.07, 6.45) is 8.41. The first-order valence-electron chi connectivity index (χ1n) is 6.27. The number of hydrogen-bond acceptors (Lipinski definition) is 3. The van der Waals surface area contributed by atoms with Crippen molar-refractivity contribution in [3.8, 4) is 12.3 Å². The molecule has 5 nitrogen and oxygen atoms in total. The zero-order valence-electron chi connectivity index (χ0n) is 11.3. The maximum Gasteiger partial charge on any atom is 0.305 e. The Bertz CT molecular complexity index is 295. The van der Waals surface area contributed by atoms with Crippen molar-refractivity contribution < 1.29 is 9.53 Å². The maximum absolute atomic E-state index is 10.9. The van der Waals surface area contributed by atoms with E-state index in [0.29, 0.717) is 13.0 Å². The van der Waals surface area contributed by atoms with Crippen LogP contribution in [0.1, 0.15) is 32.6 Å². The number of methoxy groups -OCH3 is 1. The fraction of sp³-hybridized carbons (Fsp3) is 0.692. The number of aliphatic imine (C=N–C) groups is 1. The minimum absolute atomic E-state index is 0.150. The van der Waals surface area contributed by atoms with Gasteiger partial charge in [0, 0.05) is 19.5 Å². The van der Waals surface area contributed by atoms with E-state index in [1.54, 1.807) is 0 Å². The number of nitrogens with one attached hydrogen (secondary N) is 2. The lowest BCUT2D eigenvalue weighted by Crippen LogP contribution is -2.37. The minimum Gasteiger partial charge on any atom is -0.469 e. The van der Waals surface area contributed by atoms with Gasteiger partial charge in [-0.05, 0) is 19.8 Å². The Labute approximate surface area is 109 Å². The van der Waals surface area contributed by atoms with Crippen molar-refractivity contribution in [2.75, 3.05) is 26.7 Å². The zero-order valence-corrected chi connectivity index (χ0v) is 11.3. The normalized spacial score (nSPS) is 10.6. The van der Waals surface area contributed by atoms with Gasteiger partial charge < -0.3 is 15.4 Å². The Kier molecular flexibility index (Phi) is 10.7. The summed E-state index contributed by atoms with van der Waals surface area (Å²) in [4.78, 5) is 15.2. The van der Waals surface area contributed by atoms with Crippen LogP contribution in [0, 0.1) is 12.3 Å². The molecule has 102 valence electrons. The molecule has 0 unspecified atom stereocenters. The van der Waals surface area contributed by atoms with E-state index in [0.717, 1.165) is 38.3 Å². The van der Waals surface area contributed by atoms with Crippen LogP contribution in [0.15, 0.2) is 4.99 Å². The second kappa shape index (κ2) is 11.8. The molecule has 0 fully saturated rings. The number of terminal acetylenes is 1. The van der Waals surface area contributed by atoms with Gasteiger partial charge in [0.1, 0.15) is 0 Å². The molecule has 0 aliphatic heterocycles. The van der Waals surface area contributed by atoms with Crippen LogP contribution >= 0.6 is 0 Å². The van der Waals surface area contributed by atoms with Gasteiger partial charge in [-0.15, -0.1) is 6.42 Å². The fourth-order valence-electron chi connectivity index (χ4n) is 1.33. The van der Waals surface area contributed by atoms with Gasteiger partial charge in [-0.2, -0.15) is 0 Å². The fourth-order valence-corrected chi connectivity index (χ4v) is 1.33. The predicted octanol–water partition coefficient (Wildman–Crippen LogP) is 0.908. The average Bonchev–Trinajstić information content (AvgIpc) is 2.39. The molecule has 0 saturated carbocycles. The molecule has 0 spiro atoms. The number of hydrogen-bond donors (Lipinski definition) is 2. The second-order valence-corrected chi connectivity index (χ2v) is 3.71. The molecule has 0 radical (unpaired) electrons. The van der Waals surface area contributed by atoms with E-state index >= 15 is 0 Å². The average molecular weight is 253 g/mol. The van der Waals surface area contributed by atoms with Gasteiger partial charge >= 0.3 is 5.97 Å². The largest absolute Gasteiger partial charge is 0.469 e. The smallest absolute Gasteiger partial charge is 0.305 e. The van der Waals surface area contributed by atoms with E-state index in [1.807, 2.05) is 6.92 Å². The van der Waals surface area contributed by atoms with Crippen LogP contribution < -0.4 is 10.6 Å². The molecule has 0 saturated heterocycles. The highest BCUT2D eigenvalue weighted by molar-refractivity contribution is 5.79. The van der Waals surface area contributed by atoms with E-state index in [-0.39, 0.29) is 5.97 Å². The van der Waals surface area contributed by atoms with Crippen molar-refractivity contribution in [1.82, 2.24) is 10.6 Å². The molecular weight excluding hydrogens is 230 g/mol. The molecule has 0 rings (SSSR count). The quantitative estimate of drug-likeness (QED) is 0.222. The molecule has 0 amide bonds. The third-order valence-corrected chi connectivity index (χ3v) is 2.24. The Morgan fingerprint density at radius 1 is 1.33 bits per heavy atom. The number of carbonyl (C=O) groups excluding carboxylic acids is 1. The number of esters is 1. The van der Waals surface area contributed by atoms with Gasteiger partial charge in [-0.25, -0.2) is 0 Å². The second-order valence-electron chi connectivity index (χ2n) is 3.71. The van der Waals surface area contributed by atoms with Crippen LogP contribution in [0.25, 0.3) is 0 Å². The lowest BCUT2D eigenvalue weighted by molar-refractivity contribution is -0.140. The van der Waals surface area contributed by atoms with Crippen molar-refractivity contribution in [3.63, 3.8) is 0 Å². The van der Waals surface area contributed by atoms with Crippen molar-refractivity contribution >= 4 is 11.9 Å². The Balaban J connectivity index is 3.68. The molecule has 0 aliphatic carbocycles. The topological polar surface area (TPSA) is 62.7 Å². The summed E-state index contributed by atoms with van der Waals surface area (Å²) in [5, 5.41) is 6.12. The van der Waals surface area contributed by atoms with E-state index in [4.69, 9.17) is 6.42 Å². The van der Waals surface area contributed by atoms with E-state index < -0.39 is 0 Å². The first-order valence-corrected chi connectivity index (χ1v) is 6.27. The molecule has 0 aromatic heterocycles. The zero-order chi connectivity index (χ0) is 13.6. The highest BCUT2D eigenvalue weighted by Crippen LogP contribution is 2.01. The van der Waals surface area contributed by atoms with Crippen molar-refractivity contribution in [2.24, 2.45) is 4.99 Å². The summed E-state index contributed by atoms with van der Waals surface area (Å²) in [5.41, 5.74) is 0. The van der Waals surface area contributed by atoms with Crippen LogP contribution in [0.5, 0.6) is 0 Å². The highest BCUT2D eigenvalue weighted by atomic mass is 16.5. The summed E-state index contributed by atoms with van der Waals surface area (Å²) in [6, 6.07) is 0. The third-order valence-electron chi connectivity index (χ3n) is 2.24. The molecular formula is C13H23N3O2. The molecule has 5 heteroatoms. The van der Waals surface area contributed by atoms with E-state index in [1.165, 1.54) is 7.11 Å². The lowest BCUT2D eigenvalue weighted by Gasteiger charge is -2.08. The summed E-state index contributed by atoms with van der Waals surface area (Å²) in [5.74, 6) is 3.09. The van der Waals surface area contributed by atoms with Crippen LogP contribution in [-0.4, -0.2) is 38.7 Å². The van der Waals surface area contributed by atoms with Crippen LogP contribution in [0.4, 0.5) is 0 Å². The van der Waals surface area contributed by atoms with Gasteiger partial charge in [0.05, 0.1) is 13.7 Å². The standard InChI is InChI=1S/C13H23N3O2/c1-4-10-15-13(14-5-2)16-11-8-6-7-9-12(17)18-3/h1H,5-11H2,2-3H3,(H2,14,15,16). The van der Waals surface area contributed by atoms with Crippen LogP contribution in [-0.2, 0) is 9.53 Å². The Morgan fingerprint density at radius 3 is 2.72 bits per heavy atom. The molecule has 2 N–H and O–H groups in total. The molecule has 0 aromatic carbocycles. The van der Waals surface area contributed by atoms with Crippen LogP contribution in [0.2, 0.25) is 0 Å². The van der Waals surface area contributed by atoms with Crippen molar-refractivity contribution in [1.29, 1.82) is 0 Å². The number of unbranched alkanes of at least 4 members (excludes halogenated alkanes) is 2. The van der Waals surface area contributed by atoms with Gasteiger partial charge in [0.25, 0.3) is 0 Å². The van der Waals surface area contributed by atoms with Gasteiger partial charge in [0.2, 0.25) is 0 Å². The molecule has 0 aliphatic rings. The Hall–Kier alpha value is -1.70. The number of guanidine groups is 1. The number of rotatable bonds is 8. The van der Waals surface area contributed by atoms with Crippen LogP contribution in [0.3, 0.4) is 0 Å². The van der Waals surface area contributed by atoms with Gasteiger partial charge in [0.15, 0.2) is 5.96 Å². The summed E-state index contributed by atoms with van der Waals surface area (Å²) in [6.45, 7) is 4.00. The predicted molar refractivity (Wildman–Crippen MR) is 73.3 cm³/mol. The highest BCUT2D eigenvalue weighted by Gasteiger charge is 1.99. The maximum atomic E-state index is 10.9. The molecule has 0 bridgehead atoms. The third kappa shape index (κ3) is 9.52. The lowest BCUT2D eigenvalue weighted by atomic mass is 10.2. The monoisotopic (exact) mass is 253 g/mol. The number of carbonyl (C=O) groups is 1. The molecule has 0 aromatic rings. The minimum atomic E-state index is -0.150. The summed E-state index contributed by atoms with van der Waals surface area (Å²) >= 11 is 0. The van der Waals surface area contributed by atoms with E-state index in [2.05, 4.69) is 26.3 Å². The number of ether oxygens (including phenoxy) is 1. The molecule has 0 atom stereocenters. The van der Waals surface area contributed by atoms with Gasteiger partial charge in [-0.1, -0.05) is 12.3 Å². The van der Waals surface area contributed by atoms with E-state index in [9.17, 15) is 4.79 Å². The molecule has 18 heavy (non-hydrogen) atoms. The van der Waals surface area contributed by atoms with Crippen molar-refractivity contribution in [2.45, 2.75) is 32.6 Å². The first kappa shape index (κ1) is 16.3. The Morgan fingerprint density at radius 2 is 2.11 bits per heavy atom. The summed E-state index contributed by atoms with van der Waals surface area (Å²) < 4.78 is 4.57. The molecule has 0 heterocycles. The SMILES string of the molecule is C#CCNC(=NCCCCCC(=O)OC)NCC. The van der Waals surface area contributed by atoms with Crippen molar-refractivity contribution in [3.05, 3.63) is 0 Å². The summed E-state index contributed by atoms with van der Waals surface area (Å²) in [7, 11) is 1.41. The number of nitrogens with zero attached hydrogens (tertiary/aromatic N) is 1. The van der Waals surface area contributed by atoms with Gasteiger partial charge in [-0.3, -0.25) is 9.79 Å². The first-order chi connectivity index (χ1) is 8.74.